The summed E-state index contributed by atoms with van der Waals surface area (Å²) in [6, 6.07) is 11.4. The molecule has 0 aliphatic heterocycles. The second-order valence-corrected chi connectivity index (χ2v) is 4.07. The molecule has 0 amide bonds. The van der Waals surface area contributed by atoms with Gasteiger partial charge in [-0.1, -0.05) is 19.1 Å². The third-order valence-corrected chi connectivity index (χ3v) is 2.54. The summed E-state index contributed by atoms with van der Waals surface area (Å²) < 4.78 is 18.6. The summed E-state index contributed by atoms with van der Waals surface area (Å²) >= 11 is 0. The minimum atomic E-state index is -0.448. The van der Waals surface area contributed by atoms with Crippen molar-refractivity contribution < 1.29 is 14.2 Å². The monoisotopic (exact) mass is 246 g/mol. The topological polar surface area (TPSA) is 29.5 Å². The van der Waals surface area contributed by atoms with Crippen LogP contribution in [0.2, 0.25) is 0 Å². The number of phenols is 1. The smallest absolute Gasteiger partial charge is 0.127 e. The highest BCUT2D eigenvalue weighted by molar-refractivity contribution is 5.65. The number of benzene rings is 2. The molecule has 0 aliphatic rings. The number of hydrogen-bond donors (Lipinski definition) is 1. The van der Waals surface area contributed by atoms with Crippen LogP contribution in [0.1, 0.15) is 13.3 Å². The second-order valence-electron chi connectivity index (χ2n) is 4.07. The van der Waals surface area contributed by atoms with E-state index in [1.165, 1.54) is 12.1 Å². The van der Waals surface area contributed by atoms with Crippen molar-refractivity contribution in [1.82, 2.24) is 0 Å². The molecule has 0 saturated carbocycles. The molecule has 94 valence electrons. The fraction of sp³-hybridized carbons (Fsp3) is 0.200. The summed E-state index contributed by atoms with van der Waals surface area (Å²) in [5.41, 5.74) is 1.49. The molecule has 0 spiro atoms. The van der Waals surface area contributed by atoms with E-state index in [4.69, 9.17) is 4.74 Å². The van der Waals surface area contributed by atoms with Crippen LogP contribution in [0.3, 0.4) is 0 Å². The zero-order valence-electron chi connectivity index (χ0n) is 10.2. The van der Waals surface area contributed by atoms with E-state index in [1.807, 2.05) is 31.2 Å². The van der Waals surface area contributed by atoms with E-state index < -0.39 is 5.82 Å². The Morgan fingerprint density at radius 3 is 2.39 bits per heavy atom. The molecule has 2 rings (SSSR count). The first-order valence-electron chi connectivity index (χ1n) is 5.92. The van der Waals surface area contributed by atoms with Gasteiger partial charge < -0.3 is 9.84 Å². The molecule has 1 N–H and O–H groups in total. The molecule has 18 heavy (non-hydrogen) atoms. The highest BCUT2D eigenvalue weighted by Crippen LogP contribution is 2.26. The van der Waals surface area contributed by atoms with E-state index in [0.717, 1.165) is 23.8 Å². The van der Waals surface area contributed by atoms with Gasteiger partial charge in [0.15, 0.2) is 0 Å². The first kappa shape index (κ1) is 12.4. The maximum atomic E-state index is 13.2. The molecule has 3 heteroatoms. The molecule has 0 aliphatic carbocycles. The molecule has 0 fully saturated rings. The van der Waals surface area contributed by atoms with E-state index in [0.29, 0.717) is 12.2 Å². The fourth-order valence-electron chi connectivity index (χ4n) is 1.70. The normalized spacial score (nSPS) is 10.3. The van der Waals surface area contributed by atoms with Gasteiger partial charge in [0.05, 0.1) is 6.61 Å². The van der Waals surface area contributed by atoms with Gasteiger partial charge in [0, 0.05) is 6.07 Å². The predicted octanol–water partition coefficient (Wildman–Crippen LogP) is 3.99. The van der Waals surface area contributed by atoms with Crippen molar-refractivity contribution in [3.8, 4) is 22.6 Å². The Balaban J connectivity index is 2.23. The maximum absolute atomic E-state index is 13.2. The summed E-state index contributed by atoms with van der Waals surface area (Å²) in [6.45, 7) is 2.73. The summed E-state index contributed by atoms with van der Waals surface area (Å²) in [6.07, 6.45) is 0.958. The van der Waals surface area contributed by atoms with Crippen LogP contribution in [-0.2, 0) is 0 Å². The number of phenolic OH excluding ortho intramolecular Hbond substituents is 1. The van der Waals surface area contributed by atoms with Crippen LogP contribution in [0, 0.1) is 5.82 Å². The van der Waals surface area contributed by atoms with Crippen molar-refractivity contribution in [3.05, 3.63) is 48.3 Å². The highest BCUT2D eigenvalue weighted by Gasteiger charge is 2.03. The molecular weight excluding hydrogens is 231 g/mol. The maximum Gasteiger partial charge on any atom is 0.127 e. The summed E-state index contributed by atoms with van der Waals surface area (Å²) in [7, 11) is 0. The number of hydrogen-bond acceptors (Lipinski definition) is 2. The molecule has 0 unspecified atom stereocenters. The number of rotatable bonds is 4. The minimum Gasteiger partial charge on any atom is -0.508 e. The third-order valence-electron chi connectivity index (χ3n) is 2.54. The molecule has 2 nitrogen and oxygen atoms in total. The standard InChI is InChI=1S/C15H15FO2/c1-2-7-18-15-5-3-11(4-6-15)12-8-13(16)10-14(17)9-12/h3-6,8-10,17H,2,7H2,1H3. The SMILES string of the molecule is CCCOc1ccc(-c2cc(O)cc(F)c2)cc1. The van der Waals surface area contributed by atoms with Gasteiger partial charge in [0.2, 0.25) is 0 Å². The van der Waals surface area contributed by atoms with E-state index in [1.54, 1.807) is 0 Å². The highest BCUT2D eigenvalue weighted by atomic mass is 19.1. The average Bonchev–Trinajstić information content (AvgIpc) is 2.36. The molecular formula is C15H15FO2. The van der Waals surface area contributed by atoms with Gasteiger partial charge >= 0.3 is 0 Å². The zero-order chi connectivity index (χ0) is 13.0. The van der Waals surface area contributed by atoms with Crippen LogP contribution >= 0.6 is 0 Å². The first-order chi connectivity index (χ1) is 8.69. The van der Waals surface area contributed by atoms with Crippen molar-refractivity contribution in [3.63, 3.8) is 0 Å². The molecule has 0 heterocycles. The molecule has 0 bridgehead atoms. The lowest BCUT2D eigenvalue weighted by molar-refractivity contribution is 0.317. The fourth-order valence-corrected chi connectivity index (χ4v) is 1.70. The van der Waals surface area contributed by atoms with E-state index in [-0.39, 0.29) is 5.75 Å². The Hall–Kier alpha value is -2.03. The lowest BCUT2D eigenvalue weighted by Crippen LogP contribution is -1.94. The molecule has 2 aromatic rings. The lowest BCUT2D eigenvalue weighted by atomic mass is 10.1. The zero-order valence-corrected chi connectivity index (χ0v) is 10.2. The van der Waals surface area contributed by atoms with Crippen molar-refractivity contribution in [2.45, 2.75) is 13.3 Å². The molecule has 0 atom stereocenters. The quantitative estimate of drug-likeness (QED) is 0.884. The predicted molar refractivity (Wildman–Crippen MR) is 69.3 cm³/mol. The minimum absolute atomic E-state index is 0.0729. The van der Waals surface area contributed by atoms with Gasteiger partial charge in [-0.15, -0.1) is 0 Å². The summed E-state index contributed by atoms with van der Waals surface area (Å²) in [4.78, 5) is 0. The molecule has 0 radical (unpaired) electrons. The Labute approximate surface area is 106 Å². The Morgan fingerprint density at radius 1 is 1.06 bits per heavy atom. The van der Waals surface area contributed by atoms with Crippen LogP contribution in [0.15, 0.2) is 42.5 Å². The Bertz CT molecular complexity index is 500. The van der Waals surface area contributed by atoms with Gasteiger partial charge in [-0.05, 0) is 41.8 Å². The number of aromatic hydroxyl groups is 1. The summed E-state index contributed by atoms with van der Waals surface area (Å²) in [5, 5.41) is 9.36. The van der Waals surface area contributed by atoms with Crippen molar-refractivity contribution in [1.29, 1.82) is 0 Å². The third kappa shape index (κ3) is 3.00. The Kier molecular flexibility index (Phi) is 3.82. The van der Waals surface area contributed by atoms with Gasteiger partial charge in [-0.2, -0.15) is 0 Å². The van der Waals surface area contributed by atoms with Crippen molar-refractivity contribution >= 4 is 0 Å². The summed E-state index contributed by atoms with van der Waals surface area (Å²) in [5.74, 6) is 0.272. The largest absolute Gasteiger partial charge is 0.508 e. The van der Waals surface area contributed by atoms with Crippen LogP contribution in [0.4, 0.5) is 4.39 Å². The van der Waals surface area contributed by atoms with E-state index in [9.17, 15) is 9.50 Å². The van der Waals surface area contributed by atoms with Gasteiger partial charge in [-0.3, -0.25) is 0 Å². The van der Waals surface area contributed by atoms with Gasteiger partial charge in [0.25, 0.3) is 0 Å². The van der Waals surface area contributed by atoms with Crippen molar-refractivity contribution in [2.24, 2.45) is 0 Å². The van der Waals surface area contributed by atoms with Crippen LogP contribution in [0.25, 0.3) is 11.1 Å². The molecule has 0 saturated heterocycles. The van der Waals surface area contributed by atoms with Gasteiger partial charge in [0.1, 0.15) is 17.3 Å². The molecule has 0 aromatic heterocycles. The van der Waals surface area contributed by atoms with Gasteiger partial charge in [-0.25, -0.2) is 4.39 Å². The number of ether oxygens (including phenoxy) is 1. The molecule has 2 aromatic carbocycles. The van der Waals surface area contributed by atoms with Crippen LogP contribution < -0.4 is 4.74 Å². The number of halogens is 1. The van der Waals surface area contributed by atoms with Crippen LogP contribution in [0.5, 0.6) is 11.5 Å². The first-order valence-corrected chi connectivity index (χ1v) is 5.92. The van der Waals surface area contributed by atoms with Crippen molar-refractivity contribution in [2.75, 3.05) is 6.61 Å². The van der Waals surface area contributed by atoms with E-state index in [2.05, 4.69) is 0 Å². The Morgan fingerprint density at radius 2 is 1.78 bits per heavy atom. The lowest BCUT2D eigenvalue weighted by Gasteiger charge is -2.06. The average molecular weight is 246 g/mol. The van der Waals surface area contributed by atoms with E-state index >= 15 is 0 Å². The van der Waals surface area contributed by atoms with Crippen LogP contribution in [-0.4, -0.2) is 11.7 Å². The second kappa shape index (κ2) is 5.54.